The summed E-state index contributed by atoms with van der Waals surface area (Å²) in [5.74, 6) is 1.64. The Morgan fingerprint density at radius 2 is 2.21 bits per heavy atom. The molecule has 0 radical (unpaired) electrons. The smallest absolute Gasteiger partial charge is 0.272 e. The van der Waals surface area contributed by atoms with Crippen molar-refractivity contribution in [1.29, 1.82) is 0 Å². The van der Waals surface area contributed by atoms with E-state index in [2.05, 4.69) is 20.6 Å². The third-order valence-electron chi connectivity index (χ3n) is 2.50. The lowest BCUT2D eigenvalue weighted by Gasteiger charge is -2.12. The molecule has 2 N–H and O–H groups in total. The fraction of sp³-hybridized carbons (Fsp3) is 0.615. The zero-order chi connectivity index (χ0) is 14.3. The Hall–Kier alpha value is -1.30. The zero-order valence-corrected chi connectivity index (χ0v) is 12.8. The van der Waals surface area contributed by atoms with Crippen molar-refractivity contribution in [1.82, 2.24) is 15.3 Å². The maximum Gasteiger partial charge on any atom is 0.272 e. The largest absolute Gasteiger partial charge is 0.382 e. The highest BCUT2D eigenvalue weighted by Crippen LogP contribution is 2.16. The Bertz CT molecular complexity index is 423. The Balaban J connectivity index is 2.92. The van der Waals surface area contributed by atoms with Crippen molar-refractivity contribution >= 4 is 23.4 Å². The van der Waals surface area contributed by atoms with Gasteiger partial charge >= 0.3 is 0 Å². The summed E-state index contributed by atoms with van der Waals surface area (Å²) in [7, 11) is 0. The number of thioether (sulfide) groups is 1. The second-order valence-corrected chi connectivity index (χ2v) is 5.41. The van der Waals surface area contributed by atoms with Crippen LogP contribution in [0.2, 0.25) is 0 Å². The molecule has 1 aromatic rings. The number of rotatable bonds is 7. The van der Waals surface area contributed by atoms with Gasteiger partial charge in [0, 0.05) is 24.8 Å². The Morgan fingerprint density at radius 3 is 2.79 bits per heavy atom. The second kappa shape index (κ2) is 7.99. The van der Waals surface area contributed by atoms with E-state index in [-0.39, 0.29) is 11.8 Å². The molecule has 0 saturated heterocycles. The molecular formula is C13H22N4OS. The summed E-state index contributed by atoms with van der Waals surface area (Å²) in [5.41, 5.74) is 1.12. The molecule has 0 aromatic carbocycles. The molecule has 19 heavy (non-hydrogen) atoms. The Morgan fingerprint density at radius 1 is 1.47 bits per heavy atom. The summed E-state index contributed by atoms with van der Waals surface area (Å²) in [4.78, 5) is 20.8. The summed E-state index contributed by atoms with van der Waals surface area (Å²) in [6, 6.07) is 0. The van der Waals surface area contributed by atoms with Crippen molar-refractivity contribution in [2.45, 2.75) is 26.7 Å². The summed E-state index contributed by atoms with van der Waals surface area (Å²) >= 11 is 1.70. The fourth-order valence-electron chi connectivity index (χ4n) is 1.52. The van der Waals surface area contributed by atoms with Gasteiger partial charge in [-0.15, -0.1) is 0 Å². The molecule has 106 valence electrons. The topological polar surface area (TPSA) is 66.9 Å². The molecule has 1 rings (SSSR count). The molecule has 1 aromatic heterocycles. The van der Waals surface area contributed by atoms with E-state index in [1.165, 1.54) is 0 Å². The number of amides is 1. The summed E-state index contributed by atoms with van der Waals surface area (Å²) in [6.07, 6.45) is 3.70. The van der Waals surface area contributed by atoms with Gasteiger partial charge in [0.2, 0.25) is 0 Å². The average Bonchev–Trinajstić information content (AvgIpc) is 2.39. The molecule has 1 amide bonds. The molecule has 0 fully saturated rings. The van der Waals surface area contributed by atoms with E-state index in [4.69, 9.17) is 0 Å². The van der Waals surface area contributed by atoms with Crippen LogP contribution in [0.1, 0.15) is 43.0 Å². The van der Waals surface area contributed by atoms with Gasteiger partial charge in [-0.05, 0) is 13.2 Å². The number of hydrogen-bond acceptors (Lipinski definition) is 5. The van der Waals surface area contributed by atoms with Crippen molar-refractivity contribution in [2.24, 2.45) is 0 Å². The lowest BCUT2D eigenvalue weighted by atomic mass is 10.2. The number of nitrogens with zero attached hydrogens (tertiary/aromatic N) is 2. The number of hydrogen-bond donors (Lipinski definition) is 2. The molecular weight excluding hydrogens is 260 g/mol. The standard InChI is InChI=1S/C13H22N4OS/c1-5-14-10-8-16-12(9(2)3)17-11(10)13(18)15-6-7-19-4/h8-9,14H,5-7H2,1-4H3,(H,15,18). The number of carbonyl (C=O) groups is 1. The highest BCUT2D eigenvalue weighted by Gasteiger charge is 2.15. The van der Waals surface area contributed by atoms with E-state index in [1.807, 2.05) is 27.0 Å². The number of anilines is 1. The van der Waals surface area contributed by atoms with E-state index in [0.717, 1.165) is 12.3 Å². The lowest BCUT2D eigenvalue weighted by Crippen LogP contribution is -2.28. The molecule has 0 atom stereocenters. The molecule has 0 aliphatic rings. The predicted molar refractivity (Wildman–Crippen MR) is 81.0 cm³/mol. The quantitative estimate of drug-likeness (QED) is 0.750. The van der Waals surface area contributed by atoms with Crippen LogP contribution in [0.4, 0.5) is 5.69 Å². The van der Waals surface area contributed by atoms with Gasteiger partial charge in [-0.2, -0.15) is 11.8 Å². The molecule has 0 bridgehead atoms. The second-order valence-electron chi connectivity index (χ2n) is 4.42. The molecule has 0 aliphatic heterocycles. The summed E-state index contributed by atoms with van der Waals surface area (Å²) < 4.78 is 0. The third-order valence-corrected chi connectivity index (χ3v) is 3.11. The van der Waals surface area contributed by atoms with Crippen molar-refractivity contribution in [2.75, 3.05) is 30.4 Å². The molecule has 0 unspecified atom stereocenters. The summed E-state index contributed by atoms with van der Waals surface area (Å²) in [5, 5.41) is 6.00. The number of carbonyl (C=O) groups excluding carboxylic acids is 1. The zero-order valence-electron chi connectivity index (χ0n) is 12.0. The number of aromatic nitrogens is 2. The van der Waals surface area contributed by atoms with Crippen LogP contribution >= 0.6 is 11.8 Å². The highest BCUT2D eigenvalue weighted by atomic mass is 32.2. The predicted octanol–water partition coefficient (Wildman–Crippen LogP) is 2.12. The highest BCUT2D eigenvalue weighted by molar-refractivity contribution is 7.98. The first-order valence-electron chi connectivity index (χ1n) is 6.48. The lowest BCUT2D eigenvalue weighted by molar-refractivity contribution is 0.0951. The van der Waals surface area contributed by atoms with Crippen molar-refractivity contribution in [3.63, 3.8) is 0 Å². The van der Waals surface area contributed by atoms with Crippen LogP contribution in [0.25, 0.3) is 0 Å². The van der Waals surface area contributed by atoms with Crippen LogP contribution in [-0.2, 0) is 0 Å². The van der Waals surface area contributed by atoms with Crippen LogP contribution in [0.15, 0.2) is 6.20 Å². The minimum absolute atomic E-state index is 0.144. The van der Waals surface area contributed by atoms with Gasteiger partial charge in [0.15, 0.2) is 5.69 Å². The minimum atomic E-state index is -0.144. The molecule has 0 spiro atoms. The van der Waals surface area contributed by atoms with Crippen LogP contribution in [0, 0.1) is 0 Å². The monoisotopic (exact) mass is 282 g/mol. The van der Waals surface area contributed by atoms with E-state index in [1.54, 1.807) is 18.0 Å². The van der Waals surface area contributed by atoms with Gasteiger partial charge < -0.3 is 10.6 Å². The summed E-state index contributed by atoms with van der Waals surface area (Å²) in [6.45, 7) is 7.38. The minimum Gasteiger partial charge on any atom is -0.382 e. The molecule has 6 heteroatoms. The molecule has 1 heterocycles. The maximum absolute atomic E-state index is 12.1. The normalized spacial score (nSPS) is 10.6. The van der Waals surface area contributed by atoms with E-state index < -0.39 is 0 Å². The van der Waals surface area contributed by atoms with Gasteiger partial charge in [-0.25, -0.2) is 9.97 Å². The maximum atomic E-state index is 12.1. The van der Waals surface area contributed by atoms with E-state index in [0.29, 0.717) is 23.8 Å². The number of nitrogens with one attached hydrogen (secondary N) is 2. The fourth-order valence-corrected chi connectivity index (χ4v) is 1.82. The van der Waals surface area contributed by atoms with Crippen LogP contribution in [0.5, 0.6) is 0 Å². The van der Waals surface area contributed by atoms with E-state index >= 15 is 0 Å². The third kappa shape index (κ3) is 4.70. The van der Waals surface area contributed by atoms with Crippen molar-refractivity contribution < 1.29 is 4.79 Å². The Kier molecular flexibility index (Phi) is 6.62. The van der Waals surface area contributed by atoms with Crippen LogP contribution < -0.4 is 10.6 Å². The molecule has 5 nitrogen and oxygen atoms in total. The van der Waals surface area contributed by atoms with Gasteiger partial charge in [0.25, 0.3) is 5.91 Å². The molecule has 0 aliphatic carbocycles. The van der Waals surface area contributed by atoms with Crippen molar-refractivity contribution in [3.8, 4) is 0 Å². The first kappa shape index (κ1) is 15.8. The van der Waals surface area contributed by atoms with Gasteiger partial charge in [0.1, 0.15) is 5.82 Å². The SMILES string of the molecule is CCNc1cnc(C(C)C)nc1C(=O)NCCSC. The van der Waals surface area contributed by atoms with Crippen LogP contribution in [0.3, 0.4) is 0 Å². The molecule has 0 saturated carbocycles. The van der Waals surface area contributed by atoms with Gasteiger partial charge in [0.05, 0.1) is 11.9 Å². The first-order chi connectivity index (χ1) is 9.10. The van der Waals surface area contributed by atoms with Gasteiger partial charge in [-0.1, -0.05) is 13.8 Å². The first-order valence-corrected chi connectivity index (χ1v) is 7.87. The Labute approximate surface area is 119 Å². The van der Waals surface area contributed by atoms with Crippen LogP contribution in [-0.4, -0.2) is 41.0 Å². The average molecular weight is 282 g/mol. The van der Waals surface area contributed by atoms with E-state index in [9.17, 15) is 4.79 Å². The van der Waals surface area contributed by atoms with Crippen molar-refractivity contribution in [3.05, 3.63) is 17.7 Å². The van der Waals surface area contributed by atoms with Gasteiger partial charge in [-0.3, -0.25) is 4.79 Å².